The van der Waals surface area contributed by atoms with Gasteiger partial charge in [-0.05, 0) is 109 Å². The van der Waals surface area contributed by atoms with Crippen LogP contribution in [0.4, 0.5) is 22.7 Å². The first-order chi connectivity index (χ1) is 27.3. The van der Waals surface area contributed by atoms with E-state index in [1.165, 1.54) is 109 Å². The molecule has 0 saturated carbocycles. The second-order valence-corrected chi connectivity index (χ2v) is 14.8. The van der Waals surface area contributed by atoms with Gasteiger partial charge in [0.15, 0.2) is 0 Å². The summed E-state index contributed by atoms with van der Waals surface area (Å²) < 4.78 is 27.2. The summed E-state index contributed by atoms with van der Waals surface area (Å²) >= 11 is 0. The van der Waals surface area contributed by atoms with Crippen LogP contribution in [0.25, 0.3) is 0 Å². The minimum atomic E-state index is -4.17. The van der Waals surface area contributed by atoms with Crippen molar-refractivity contribution in [3.63, 3.8) is 0 Å². The Kier molecular flexibility index (Phi) is 8.70. The fourth-order valence-corrected chi connectivity index (χ4v) is 7.73. The summed E-state index contributed by atoms with van der Waals surface area (Å²) in [6.45, 7) is 0. The Labute approximate surface area is 323 Å². The number of hydrogen-bond acceptors (Lipinski definition) is 10. The maximum absolute atomic E-state index is 13.6. The third-order valence-electron chi connectivity index (χ3n) is 9.41. The first kappa shape index (κ1) is 36.1. The molecular weight excluding hydrogens is 753 g/mol. The molecular formula is C42H26N4O10S. The molecule has 6 amide bonds. The SMILES string of the molecule is O=C(Nc1ccccc1O)c1ccc2c(c1)C(=O)N(c1ccc(S(=O)(=O)c3ccc(N4C(=O)c5ccc(C(=O)Nc6ccccc6O)cc5C4=O)cc3)cc1)C2=O. The van der Waals surface area contributed by atoms with Gasteiger partial charge in [0.2, 0.25) is 9.84 Å². The normalized spacial score (nSPS) is 13.4. The molecule has 0 fully saturated rings. The van der Waals surface area contributed by atoms with E-state index in [-0.39, 0.29) is 77.4 Å². The topological polar surface area (TPSA) is 208 Å². The first-order valence-corrected chi connectivity index (χ1v) is 18.5. The van der Waals surface area contributed by atoms with Gasteiger partial charge in [-0.2, -0.15) is 0 Å². The van der Waals surface area contributed by atoms with Crippen LogP contribution in [-0.2, 0) is 9.84 Å². The van der Waals surface area contributed by atoms with Crippen LogP contribution in [-0.4, -0.2) is 54.1 Å². The highest BCUT2D eigenvalue weighted by atomic mass is 32.2. The number of carbonyl (C=O) groups is 6. The van der Waals surface area contributed by atoms with Crippen molar-refractivity contribution in [3.8, 4) is 11.5 Å². The maximum Gasteiger partial charge on any atom is 0.266 e. The zero-order valence-electron chi connectivity index (χ0n) is 29.2. The minimum absolute atomic E-state index is 0.0325. The number of nitrogens with zero attached hydrogens (tertiary/aromatic N) is 2. The van der Waals surface area contributed by atoms with Crippen LogP contribution in [0.1, 0.15) is 62.1 Å². The highest BCUT2D eigenvalue weighted by Crippen LogP contribution is 2.34. The summed E-state index contributed by atoms with van der Waals surface area (Å²) in [6, 6.07) is 30.3. The highest BCUT2D eigenvalue weighted by Gasteiger charge is 2.39. The number of hydrogen-bond donors (Lipinski definition) is 4. The predicted octanol–water partition coefficient (Wildman–Crippen LogP) is 6.04. The Hall–Kier alpha value is -7.91. The van der Waals surface area contributed by atoms with Gasteiger partial charge in [-0.25, -0.2) is 18.2 Å². The Balaban J connectivity index is 0.968. The monoisotopic (exact) mass is 778 g/mol. The molecule has 0 bridgehead atoms. The van der Waals surface area contributed by atoms with Crippen LogP contribution >= 0.6 is 0 Å². The predicted molar refractivity (Wildman–Crippen MR) is 206 cm³/mol. The molecule has 280 valence electrons. The zero-order valence-corrected chi connectivity index (χ0v) is 30.0. The fraction of sp³-hybridized carbons (Fsp3) is 0. The molecule has 2 heterocycles. The van der Waals surface area contributed by atoms with Crippen LogP contribution in [0.3, 0.4) is 0 Å². The largest absolute Gasteiger partial charge is 0.506 e. The molecule has 0 aliphatic carbocycles. The van der Waals surface area contributed by atoms with E-state index in [9.17, 15) is 47.4 Å². The van der Waals surface area contributed by atoms with E-state index >= 15 is 0 Å². The van der Waals surface area contributed by atoms with Gasteiger partial charge in [0.1, 0.15) is 11.5 Å². The molecule has 0 aromatic heterocycles. The van der Waals surface area contributed by atoms with Crippen molar-refractivity contribution in [1.82, 2.24) is 0 Å². The molecule has 2 aliphatic heterocycles. The molecule has 15 heteroatoms. The van der Waals surface area contributed by atoms with E-state index in [0.717, 1.165) is 9.80 Å². The number of phenols is 2. The number of amides is 6. The lowest BCUT2D eigenvalue weighted by Crippen LogP contribution is -2.29. The third-order valence-corrected chi connectivity index (χ3v) is 11.2. The van der Waals surface area contributed by atoms with Gasteiger partial charge in [-0.3, -0.25) is 28.8 Å². The van der Waals surface area contributed by atoms with Crippen molar-refractivity contribution >= 4 is 68.0 Å². The molecule has 0 unspecified atom stereocenters. The average Bonchev–Trinajstić information content (AvgIpc) is 3.62. The number of imide groups is 2. The fourth-order valence-electron chi connectivity index (χ4n) is 6.47. The number of nitrogens with one attached hydrogen (secondary N) is 2. The lowest BCUT2D eigenvalue weighted by atomic mass is 10.1. The number of anilines is 4. The number of rotatable bonds is 8. The van der Waals surface area contributed by atoms with Crippen molar-refractivity contribution in [2.24, 2.45) is 0 Å². The number of aromatic hydroxyl groups is 2. The highest BCUT2D eigenvalue weighted by molar-refractivity contribution is 7.91. The van der Waals surface area contributed by atoms with Crippen LogP contribution in [0.15, 0.2) is 143 Å². The second kappa shape index (κ2) is 13.7. The molecule has 2 aliphatic rings. The van der Waals surface area contributed by atoms with Crippen LogP contribution in [0.5, 0.6) is 11.5 Å². The lowest BCUT2D eigenvalue weighted by molar-refractivity contribution is 0.0910. The van der Waals surface area contributed by atoms with E-state index in [1.54, 1.807) is 24.3 Å². The summed E-state index contributed by atoms with van der Waals surface area (Å²) in [4.78, 5) is 80.5. The quantitative estimate of drug-likeness (QED) is 0.104. The van der Waals surface area contributed by atoms with Gasteiger partial charge in [-0.15, -0.1) is 0 Å². The summed E-state index contributed by atoms with van der Waals surface area (Å²) in [7, 11) is -4.17. The summed E-state index contributed by atoms with van der Waals surface area (Å²) in [5, 5.41) is 25.1. The maximum atomic E-state index is 13.6. The van der Waals surface area contributed by atoms with Crippen molar-refractivity contribution in [1.29, 1.82) is 0 Å². The number of phenolic OH excluding ortho intramolecular Hbond substituents is 2. The van der Waals surface area contributed by atoms with E-state index in [2.05, 4.69) is 10.6 Å². The van der Waals surface area contributed by atoms with Gasteiger partial charge >= 0.3 is 0 Å². The van der Waals surface area contributed by atoms with Crippen molar-refractivity contribution in [2.75, 3.05) is 20.4 Å². The molecule has 14 nitrogen and oxygen atoms in total. The van der Waals surface area contributed by atoms with Gasteiger partial charge in [0.25, 0.3) is 35.4 Å². The minimum Gasteiger partial charge on any atom is -0.506 e. The third kappa shape index (κ3) is 6.23. The average molecular weight is 779 g/mol. The molecule has 4 N–H and O–H groups in total. The van der Waals surface area contributed by atoms with Gasteiger partial charge < -0.3 is 20.8 Å². The lowest BCUT2D eigenvalue weighted by Gasteiger charge is -2.15. The van der Waals surface area contributed by atoms with E-state index < -0.39 is 45.3 Å². The molecule has 0 radical (unpaired) electrons. The summed E-state index contributed by atoms with van der Waals surface area (Å²) in [6.07, 6.45) is 0. The molecule has 6 aromatic rings. The van der Waals surface area contributed by atoms with Crippen LogP contribution < -0.4 is 20.4 Å². The standard InChI is InChI=1S/C42H26N4O10S/c47-35-7-3-1-5-33(35)43-37(49)23-9-19-29-31(21-23)41(53)45(39(29)51)25-11-15-27(16-12-25)57(55,56)28-17-13-26(14-18-28)46-40(52)30-20-10-24(22-32(30)42(46)54)38(50)44-34-6-2-4-8-36(34)48/h1-22,47-48H,(H,43,49)(H,44,50). The number of para-hydroxylation sites is 4. The van der Waals surface area contributed by atoms with E-state index in [0.29, 0.717) is 0 Å². The number of fused-ring (bicyclic) bond motifs is 2. The number of sulfone groups is 1. The molecule has 6 aromatic carbocycles. The molecule has 0 saturated heterocycles. The molecule has 57 heavy (non-hydrogen) atoms. The number of carbonyl (C=O) groups excluding carboxylic acids is 6. The molecule has 0 atom stereocenters. The zero-order chi connectivity index (χ0) is 40.2. The van der Waals surface area contributed by atoms with Crippen molar-refractivity contribution in [2.45, 2.75) is 9.79 Å². The Bertz CT molecular complexity index is 2670. The van der Waals surface area contributed by atoms with E-state index in [1.807, 2.05) is 0 Å². The first-order valence-electron chi connectivity index (χ1n) is 17.0. The van der Waals surface area contributed by atoms with Crippen LogP contribution in [0.2, 0.25) is 0 Å². The summed E-state index contributed by atoms with van der Waals surface area (Å²) in [5.74, 6) is -4.33. The molecule has 8 rings (SSSR count). The van der Waals surface area contributed by atoms with Crippen LogP contribution in [0, 0.1) is 0 Å². The Morgan fingerprint density at radius 2 is 0.807 bits per heavy atom. The van der Waals surface area contributed by atoms with E-state index in [4.69, 9.17) is 0 Å². The van der Waals surface area contributed by atoms with Gasteiger partial charge in [0.05, 0.1) is 54.8 Å². The van der Waals surface area contributed by atoms with Gasteiger partial charge in [-0.1, -0.05) is 24.3 Å². The second-order valence-electron chi connectivity index (χ2n) is 12.8. The summed E-state index contributed by atoms with van der Waals surface area (Å²) in [5.41, 5.74) is 0.642. The Morgan fingerprint density at radius 3 is 1.18 bits per heavy atom. The molecule has 0 spiro atoms. The smallest absolute Gasteiger partial charge is 0.266 e. The van der Waals surface area contributed by atoms with Crippen molar-refractivity contribution in [3.05, 3.63) is 167 Å². The van der Waals surface area contributed by atoms with Crippen molar-refractivity contribution < 1.29 is 47.4 Å². The van der Waals surface area contributed by atoms with Gasteiger partial charge in [0, 0.05) is 11.1 Å². The number of benzene rings is 6. The Morgan fingerprint density at radius 1 is 0.456 bits per heavy atom.